The van der Waals surface area contributed by atoms with Crippen molar-refractivity contribution in [2.75, 3.05) is 6.61 Å². The van der Waals surface area contributed by atoms with Crippen LogP contribution in [0.3, 0.4) is 0 Å². The molecule has 0 N–H and O–H groups in total. The highest BCUT2D eigenvalue weighted by Gasteiger charge is 2.64. The number of carbonyl (C=O) groups is 1. The van der Waals surface area contributed by atoms with Crippen LogP contribution in [0.2, 0.25) is 0 Å². The van der Waals surface area contributed by atoms with Crippen LogP contribution in [0.4, 0.5) is 0 Å². The maximum absolute atomic E-state index is 10.7. The summed E-state index contributed by atoms with van der Waals surface area (Å²) >= 11 is 3.31. The van der Waals surface area contributed by atoms with E-state index in [0.717, 1.165) is 6.42 Å². The van der Waals surface area contributed by atoms with Crippen LogP contribution >= 0.6 is 15.9 Å². The van der Waals surface area contributed by atoms with E-state index in [1.807, 2.05) is 0 Å². The van der Waals surface area contributed by atoms with Crippen LogP contribution in [0.25, 0.3) is 0 Å². The number of halogens is 1. The minimum Gasteiger partial charge on any atom is -0.464 e. The molecule has 3 heteroatoms. The van der Waals surface area contributed by atoms with E-state index in [1.165, 1.54) is 0 Å². The number of alkyl halides is 1. The molecule has 0 bridgehead atoms. The molecular formula is C5H5BrO2. The standard InChI is InChI=1S/C5H5BrO2/c6-5-1-3(5)2-8-4(5)7/h3H,1-2H2. The topological polar surface area (TPSA) is 26.3 Å². The summed E-state index contributed by atoms with van der Waals surface area (Å²) in [6, 6.07) is 0. The first-order valence-corrected chi connectivity index (χ1v) is 3.39. The van der Waals surface area contributed by atoms with E-state index in [2.05, 4.69) is 15.9 Å². The van der Waals surface area contributed by atoms with Gasteiger partial charge in [-0.05, 0) is 6.42 Å². The molecule has 0 amide bonds. The Morgan fingerprint density at radius 3 is 2.75 bits per heavy atom. The molecule has 2 fully saturated rings. The first kappa shape index (κ1) is 4.79. The fraction of sp³-hybridized carbons (Fsp3) is 0.800. The van der Waals surface area contributed by atoms with E-state index in [0.29, 0.717) is 12.5 Å². The fourth-order valence-corrected chi connectivity index (χ4v) is 1.67. The molecule has 2 nitrogen and oxygen atoms in total. The first-order valence-electron chi connectivity index (χ1n) is 2.59. The Hall–Kier alpha value is -0.0500. The second-order valence-corrected chi connectivity index (χ2v) is 3.78. The number of carbonyl (C=O) groups excluding carboxylic acids is 1. The average molecular weight is 177 g/mol. The number of hydrogen-bond acceptors (Lipinski definition) is 2. The molecule has 2 aliphatic rings. The van der Waals surface area contributed by atoms with E-state index in [1.54, 1.807) is 0 Å². The van der Waals surface area contributed by atoms with Gasteiger partial charge in [-0.2, -0.15) is 0 Å². The molecule has 0 aromatic rings. The maximum atomic E-state index is 10.7. The number of cyclic esters (lactones) is 1. The van der Waals surface area contributed by atoms with Gasteiger partial charge in [0.2, 0.25) is 0 Å². The van der Waals surface area contributed by atoms with Gasteiger partial charge in [-0.3, -0.25) is 4.79 Å². The van der Waals surface area contributed by atoms with Gasteiger partial charge in [0.1, 0.15) is 4.32 Å². The second kappa shape index (κ2) is 1.10. The van der Waals surface area contributed by atoms with Crippen molar-refractivity contribution in [1.82, 2.24) is 0 Å². The van der Waals surface area contributed by atoms with Crippen molar-refractivity contribution in [3.05, 3.63) is 0 Å². The van der Waals surface area contributed by atoms with Crippen LogP contribution in [0.5, 0.6) is 0 Å². The molecule has 44 valence electrons. The van der Waals surface area contributed by atoms with E-state index >= 15 is 0 Å². The van der Waals surface area contributed by atoms with Crippen molar-refractivity contribution < 1.29 is 9.53 Å². The van der Waals surface area contributed by atoms with Crippen LogP contribution in [0.15, 0.2) is 0 Å². The predicted octanol–water partition coefficient (Wildman–Crippen LogP) is 0.697. The van der Waals surface area contributed by atoms with Gasteiger partial charge in [0, 0.05) is 5.92 Å². The summed E-state index contributed by atoms with van der Waals surface area (Å²) in [6.45, 7) is 0.629. The van der Waals surface area contributed by atoms with Gasteiger partial charge in [0.15, 0.2) is 0 Å². The molecule has 2 unspecified atom stereocenters. The normalized spacial score (nSPS) is 50.6. The fourth-order valence-electron chi connectivity index (χ4n) is 1.04. The van der Waals surface area contributed by atoms with Crippen LogP contribution in [0, 0.1) is 5.92 Å². The SMILES string of the molecule is O=C1OCC2CC12Br. The summed E-state index contributed by atoms with van der Waals surface area (Å²) in [5.41, 5.74) is 0. The van der Waals surface area contributed by atoms with Crippen molar-refractivity contribution >= 4 is 21.9 Å². The van der Waals surface area contributed by atoms with Gasteiger partial charge in [-0.25, -0.2) is 0 Å². The molecule has 8 heavy (non-hydrogen) atoms. The highest BCUT2D eigenvalue weighted by Crippen LogP contribution is 2.55. The van der Waals surface area contributed by atoms with E-state index in [-0.39, 0.29) is 10.3 Å². The first-order chi connectivity index (χ1) is 3.73. The van der Waals surface area contributed by atoms with Crippen molar-refractivity contribution in [3.8, 4) is 0 Å². The molecule has 1 saturated heterocycles. The lowest BCUT2D eigenvalue weighted by Gasteiger charge is -1.95. The van der Waals surface area contributed by atoms with Crippen molar-refractivity contribution in [2.45, 2.75) is 10.7 Å². The molecule has 1 heterocycles. The number of hydrogen-bond donors (Lipinski definition) is 0. The molecule has 1 aliphatic carbocycles. The van der Waals surface area contributed by atoms with Gasteiger partial charge in [-0.1, -0.05) is 15.9 Å². The molecule has 0 aromatic heterocycles. The zero-order valence-corrected chi connectivity index (χ0v) is 5.77. The summed E-state index contributed by atoms with van der Waals surface area (Å²) in [4.78, 5) is 10.7. The molecular weight excluding hydrogens is 172 g/mol. The highest BCUT2D eigenvalue weighted by molar-refractivity contribution is 9.10. The van der Waals surface area contributed by atoms with Crippen molar-refractivity contribution in [1.29, 1.82) is 0 Å². The maximum Gasteiger partial charge on any atom is 0.323 e. The Morgan fingerprint density at radius 1 is 1.88 bits per heavy atom. The molecule has 2 rings (SSSR count). The summed E-state index contributed by atoms with van der Waals surface area (Å²) < 4.78 is 4.50. The highest BCUT2D eigenvalue weighted by atomic mass is 79.9. The smallest absolute Gasteiger partial charge is 0.323 e. The zero-order chi connectivity index (χ0) is 5.78. The van der Waals surface area contributed by atoms with Crippen LogP contribution in [0.1, 0.15) is 6.42 Å². The third-order valence-electron chi connectivity index (χ3n) is 1.79. The summed E-state index contributed by atoms with van der Waals surface area (Å²) in [6.07, 6.45) is 0.978. The number of fused-ring (bicyclic) bond motifs is 1. The lowest BCUT2D eigenvalue weighted by molar-refractivity contribution is -0.139. The lowest BCUT2D eigenvalue weighted by atomic mass is 10.4. The minimum atomic E-state index is -0.229. The van der Waals surface area contributed by atoms with Gasteiger partial charge < -0.3 is 4.74 Å². The van der Waals surface area contributed by atoms with Gasteiger partial charge in [0.05, 0.1) is 6.61 Å². The lowest BCUT2D eigenvalue weighted by Crippen LogP contribution is -2.11. The molecule has 1 aliphatic heterocycles. The molecule has 0 radical (unpaired) electrons. The van der Waals surface area contributed by atoms with E-state index in [4.69, 9.17) is 4.74 Å². The minimum absolute atomic E-state index is 0.0671. The van der Waals surface area contributed by atoms with Crippen LogP contribution in [-0.2, 0) is 9.53 Å². The number of rotatable bonds is 0. The summed E-state index contributed by atoms with van der Waals surface area (Å²) in [7, 11) is 0. The van der Waals surface area contributed by atoms with Crippen LogP contribution < -0.4 is 0 Å². The number of esters is 1. The van der Waals surface area contributed by atoms with Gasteiger partial charge in [-0.15, -0.1) is 0 Å². The largest absolute Gasteiger partial charge is 0.464 e. The average Bonchev–Trinajstić information content (AvgIpc) is 2.31. The summed E-state index contributed by atoms with van der Waals surface area (Å²) in [5, 5.41) is 0. The molecule has 1 saturated carbocycles. The monoisotopic (exact) mass is 176 g/mol. The third kappa shape index (κ3) is 0.366. The van der Waals surface area contributed by atoms with Gasteiger partial charge in [0.25, 0.3) is 0 Å². The Bertz CT molecular complexity index is 155. The van der Waals surface area contributed by atoms with Gasteiger partial charge >= 0.3 is 5.97 Å². The van der Waals surface area contributed by atoms with Crippen LogP contribution in [-0.4, -0.2) is 16.9 Å². The van der Waals surface area contributed by atoms with E-state index in [9.17, 15) is 4.79 Å². The Balaban J connectivity index is 2.31. The van der Waals surface area contributed by atoms with E-state index < -0.39 is 0 Å². The Labute approximate surface area is 55.3 Å². The molecule has 0 aromatic carbocycles. The van der Waals surface area contributed by atoms with Crippen molar-refractivity contribution in [3.63, 3.8) is 0 Å². The predicted molar refractivity (Wildman–Crippen MR) is 30.7 cm³/mol. The van der Waals surface area contributed by atoms with Crippen molar-refractivity contribution in [2.24, 2.45) is 5.92 Å². The zero-order valence-electron chi connectivity index (χ0n) is 4.19. The Morgan fingerprint density at radius 2 is 2.62 bits per heavy atom. The Kier molecular flexibility index (Phi) is 0.660. The second-order valence-electron chi connectivity index (χ2n) is 2.36. The summed E-state index contributed by atoms with van der Waals surface area (Å²) in [5.74, 6) is 0.414. The number of ether oxygens (including phenoxy) is 1. The third-order valence-corrected chi connectivity index (χ3v) is 3.08. The quantitative estimate of drug-likeness (QED) is 0.402. The molecule has 2 atom stereocenters. The molecule has 0 spiro atoms.